The van der Waals surface area contributed by atoms with Crippen molar-refractivity contribution in [3.05, 3.63) is 192 Å². The van der Waals surface area contributed by atoms with Crippen LogP contribution in [0.15, 0.2) is 175 Å². The first-order valence-corrected chi connectivity index (χ1v) is 16.7. The fraction of sp³-hybridized carbons (Fsp3) is 0.0682. The maximum atomic E-state index is 5.23. The third kappa shape index (κ3) is 4.12. The van der Waals surface area contributed by atoms with Crippen molar-refractivity contribution in [2.45, 2.75) is 18.4 Å². The van der Waals surface area contributed by atoms with Crippen LogP contribution in [-0.4, -0.2) is 10.5 Å². The Hall–Kier alpha value is -6.13. The van der Waals surface area contributed by atoms with Gasteiger partial charge in [0.15, 0.2) is 0 Å². The Balaban J connectivity index is 1.08. The number of nitrogens with one attached hydrogen (secondary N) is 1. The fourth-order valence-corrected chi connectivity index (χ4v) is 8.01. The number of anilines is 1. The molecule has 2 atom stereocenters. The summed E-state index contributed by atoms with van der Waals surface area (Å²) in [6.07, 6.45) is 5.58. The maximum Gasteiger partial charge on any atom is 0.208 e. The predicted molar refractivity (Wildman–Crippen MR) is 198 cm³/mol. The van der Waals surface area contributed by atoms with Crippen LogP contribution in [-0.2, 0) is 0 Å². The summed E-state index contributed by atoms with van der Waals surface area (Å²) in [6.45, 7) is 0. The third-order valence-corrected chi connectivity index (χ3v) is 10.2. The average molecular weight is 617 g/mol. The zero-order chi connectivity index (χ0) is 31.6. The van der Waals surface area contributed by atoms with Crippen LogP contribution >= 0.6 is 0 Å². The van der Waals surface area contributed by atoms with Crippen LogP contribution in [0, 0.1) is 0 Å². The van der Waals surface area contributed by atoms with E-state index in [1.807, 2.05) is 0 Å². The molecule has 2 unspecified atom stereocenters. The second kappa shape index (κ2) is 10.7. The first-order valence-electron chi connectivity index (χ1n) is 16.7. The quantitative estimate of drug-likeness (QED) is 0.214. The van der Waals surface area contributed by atoms with Crippen molar-refractivity contribution >= 4 is 44.7 Å². The molecule has 48 heavy (non-hydrogen) atoms. The summed E-state index contributed by atoms with van der Waals surface area (Å²) < 4.78 is 2.38. The number of aromatic nitrogens is 1. The van der Waals surface area contributed by atoms with Gasteiger partial charge in [-0.05, 0) is 77.2 Å². The molecule has 1 aromatic heterocycles. The normalized spacial score (nSPS) is 18.0. The van der Waals surface area contributed by atoms with E-state index < -0.39 is 0 Å². The van der Waals surface area contributed by atoms with Crippen molar-refractivity contribution < 1.29 is 0 Å². The highest BCUT2D eigenvalue weighted by Gasteiger charge is 2.39. The van der Waals surface area contributed by atoms with Gasteiger partial charge >= 0.3 is 0 Å². The molecular weight excluding hydrogens is 585 g/mol. The number of hydrogen-bond acceptors (Lipinski definition) is 3. The minimum atomic E-state index is 0.0150. The number of benzene rings is 6. The topological polar surface area (TPSA) is 32.6 Å². The molecule has 7 aromatic rings. The van der Waals surface area contributed by atoms with E-state index in [0.717, 1.165) is 18.1 Å². The molecule has 0 radical (unpaired) electrons. The van der Waals surface area contributed by atoms with Gasteiger partial charge in [-0.15, -0.1) is 0 Å². The van der Waals surface area contributed by atoms with Gasteiger partial charge in [-0.1, -0.05) is 115 Å². The fourth-order valence-electron chi connectivity index (χ4n) is 8.01. The van der Waals surface area contributed by atoms with Crippen molar-refractivity contribution in [1.29, 1.82) is 0 Å². The first-order chi connectivity index (χ1) is 23.8. The van der Waals surface area contributed by atoms with Crippen LogP contribution in [0.4, 0.5) is 11.4 Å². The highest BCUT2D eigenvalue weighted by molar-refractivity contribution is 6.10. The number of fused-ring (bicyclic) bond motifs is 7. The van der Waals surface area contributed by atoms with Gasteiger partial charge in [-0.25, -0.2) is 4.99 Å². The number of aliphatic imine (C=N–C) groups is 1. The van der Waals surface area contributed by atoms with E-state index in [0.29, 0.717) is 0 Å². The number of rotatable bonds is 3. The Kier molecular flexibility index (Phi) is 6.03. The Morgan fingerprint density at radius 3 is 2.19 bits per heavy atom. The Morgan fingerprint density at radius 1 is 0.604 bits per heavy atom. The van der Waals surface area contributed by atoms with Gasteiger partial charge in [-0.2, -0.15) is 0 Å². The molecule has 0 fully saturated rings. The summed E-state index contributed by atoms with van der Waals surface area (Å²) in [5.41, 5.74) is 13.5. The molecule has 0 bridgehead atoms. The summed E-state index contributed by atoms with van der Waals surface area (Å²) in [6, 6.07) is 54.4. The molecule has 1 aliphatic carbocycles. The number of allylic oxidation sites excluding steroid dienone is 4. The molecule has 4 heteroatoms. The lowest BCUT2D eigenvalue weighted by molar-refractivity contribution is 0.733. The lowest BCUT2D eigenvalue weighted by atomic mass is 9.85. The summed E-state index contributed by atoms with van der Waals surface area (Å²) in [5, 5.41) is 6.41. The lowest BCUT2D eigenvalue weighted by Crippen LogP contribution is -2.43. The molecule has 0 saturated carbocycles. The van der Waals surface area contributed by atoms with Gasteiger partial charge in [0.1, 0.15) is 0 Å². The molecular formula is C44H32N4. The van der Waals surface area contributed by atoms with Crippen molar-refractivity contribution in [2.24, 2.45) is 4.99 Å². The van der Waals surface area contributed by atoms with E-state index in [9.17, 15) is 0 Å². The van der Waals surface area contributed by atoms with Crippen LogP contribution < -0.4 is 10.2 Å². The number of hydrogen-bond donors (Lipinski definition) is 1. The Bertz CT molecular complexity index is 2470. The molecule has 4 nitrogen and oxygen atoms in total. The lowest BCUT2D eigenvalue weighted by Gasteiger charge is -2.34. The maximum absolute atomic E-state index is 5.23. The largest absolute Gasteiger partial charge is 0.344 e. The standard InChI is InChI=1S/C44H32N4/c1-3-13-29(14-4-1)43-35-19-7-10-20-38(35)45-44(46-43)48-40-22-12-9-18-34(40)37-28-31(24-26-42(37)48)30-23-25-41-36(27-30)33-17-8-11-21-39(33)47(41)32-15-5-2-6-16-32/h1-27,37,43H,28H2,(H,45,46). The SMILES string of the molecule is C1=C(c2ccc3c(c2)c2ccccc2n3-c2ccccc2)CC2C(=C1)N(C1=Nc3ccccc3C(c3ccccc3)N1)c1ccccc12. The van der Waals surface area contributed by atoms with Gasteiger partial charge in [0.05, 0.1) is 28.5 Å². The summed E-state index contributed by atoms with van der Waals surface area (Å²) in [7, 11) is 0. The van der Waals surface area contributed by atoms with Crippen molar-refractivity contribution in [3.63, 3.8) is 0 Å². The zero-order valence-corrected chi connectivity index (χ0v) is 26.3. The van der Waals surface area contributed by atoms with Gasteiger partial charge < -0.3 is 9.88 Å². The zero-order valence-electron chi connectivity index (χ0n) is 26.3. The van der Waals surface area contributed by atoms with E-state index >= 15 is 0 Å². The van der Waals surface area contributed by atoms with Crippen molar-refractivity contribution in [3.8, 4) is 5.69 Å². The second-order valence-electron chi connectivity index (χ2n) is 12.8. The van der Waals surface area contributed by atoms with Crippen LogP contribution in [0.2, 0.25) is 0 Å². The second-order valence-corrected chi connectivity index (χ2v) is 12.8. The Morgan fingerprint density at radius 2 is 1.31 bits per heavy atom. The molecule has 1 N–H and O–H groups in total. The molecule has 10 rings (SSSR count). The molecule has 0 spiro atoms. The van der Waals surface area contributed by atoms with E-state index in [1.54, 1.807) is 0 Å². The first kappa shape index (κ1) is 27.0. The highest BCUT2D eigenvalue weighted by Crippen LogP contribution is 2.51. The molecule has 0 saturated heterocycles. The van der Waals surface area contributed by atoms with E-state index in [-0.39, 0.29) is 12.0 Å². The van der Waals surface area contributed by atoms with E-state index in [4.69, 9.17) is 4.99 Å². The molecule has 3 aliphatic rings. The van der Waals surface area contributed by atoms with Crippen molar-refractivity contribution in [2.75, 3.05) is 4.90 Å². The number of para-hydroxylation sites is 4. The van der Waals surface area contributed by atoms with Crippen molar-refractivity contribution in [1.82, 2.24) is 9.88 Å². The van der Waals surface area contributed by atoms with Crippen LogP contribution in [0.1, 0.15) is 40.6 Å². The van der Waals surface area contributed by atoms with Gasteiger partial charge in [0.25, 0.3) is 0 Å². The molecule has 6 aromatic carbocycles. The van der Waals surface area contributed by atoms with Gasteiger partial charge in [-0.3, -0.25) is 4.90 Å². The summed E-state index contributed by atoms with van der Waals surface area (Å²) >= 11 is 0. The molecule has 228 valence electrons. The summed E-state index contributed by atoms with van der Waals surface area (Å²) in [5.74, 6) is 1.11. The smallest absolute Gasteiger partial charge is 0.208 e. The molecule has 3 heterocycles. The third-order valence-electron chi connectivity index (χ3n) is 10.2. The van der Waals surface area contributed by atoms with E-state index in [2.05, 4.69) is 179 Å². The van der Waals surface area contributed by atoms with E-state index in [1.165, 1.54) is 66.7 Å². The van der Waals surface area contributed by atoms with Crippen LogP contribution in [0.5, 0.6) is 0 Å². The van der Waals surface area contributed by atoms with Crippen LogP contribution in [0.25, 0.3) is 33.1 Å². The minimum absolute atomic E-state index is 0.0150. The average Bonchev–Trinajstić information content (AvgIpc) is 3.67. The molecule has 2 aliphatic heterocycles. The van der Waals surface area contributed by atoms with Gasteiger partial charge in [0, 0.05) is 33.6 Å². The predicted octanol–water partition coefficient (Wildman–Crippen LogP) is 10.4. The Labute approximate surface area is 279 Å². The number of guanidine groups is 1. The molecule has 0 amide bonds. The summed E-state index contributed by atoms with van der Waals surface area (Å²) in [4.78, 5) is 7.59. The highest BCUT2D eigenvalue weighted by atomic mass is 15.3. The van der Waals surface area contributed by atoms with Gasteiger partial charge in [0.2, 0.25) is 5.96 Å². The number of nitrogens with zero attached hydrogens (tertiary/aromatic N) is 3. The minimum Gasteiger partial charge on any atom is -0.344 e. The van der Waals surface area contributed by atoms with Crippen LogP contribution in [0.3, 0.4) is 0 Å². The monoisotopic (exact) mass is 616 g/mol.